The summed E-state index contributed by atoms with van der Waals surface area (Å²) in [5.41, 5.74) is 1.56. The van der Waals surface area contributed by atoms with E-state index < -0.39 is 0 Å². The first-order chi connectivity index (χ1) is 10.1. The Morgan fingerprint density at radius 1 is 1.48 bits per heavy atom. The molecule has 4 nitrogen and oxygen atoms in total. The average Bonchev–Trinajstić information content (AvgIpc) is 3.18. The van der Waals surface area contributed by atoms with E-state index in [9.17, 15) is 9.90 Å². The zero-order chi connectivity index (χ0) is 14.8. The smallest absolute Gasteiger partial charge is 0.225 e. The molecule has 1 aliphatic rings. The maximum absolute atomic E-state index is 12.1. The van der Waals surface area contributed by atoms with Gasteiger partial charge in [0.15, 0.2) is 0 Å². The number of aromatic nitrogens is 1. The van der Waals surface area contributed by atoms with Gasteiger partial charge in [-0.25, -0.2) is 4.98 Å². The van der Waals surface area contributed by atoms with Crippen LogP contribution in [0.25, 0.3) is 0 Å². The van der Waals surface area contributed by atoms with Gasteiger partial charge >= 0.3 is 0 Å². The van der Waals surface area contributed by atoms with Crippen LogP contribution in [-0.4, -0.2) is 16.0 Å². The molecular weight excluding hydrogens is 284 g/mol. The number of hydrogen-bond acceptors (Lipinski definition) is 4. The number of nitrogens with zero attached hydrogens (tertiary/aromatic N) is 1. The molecule has 2 N–H and O–H groups in total. The average molecular weight is 302 g/mol. The van der Waals surface area contributed by atoms with Crippen molar-refractivity contribution in [2.24, 2.45) is 0 Å². The number of phenols is 1. The number of amides is 1. The summed E-state index contributed by atoms with van der Waals surface area (Å²) in [6, 6.07) is 6.80. The van der Waals surface area contributed by atoms with Crippen molar-refractivity contribution >= 4 is 17.2 Å². The van der Waals surface area contributed by atoms with Crippen molar-refractivity contribution in [2.75, 3.05) is 0 Å². The summed E-state index contributed by atoms with van der Waals surface area (Å²) in [5.74, 6) is 0.697. The fraction of sp³-hybridized carbons (Fsp3) is 0.375. The number of benzene rings is 1. The second kappa shape index (κ2) is 5.85. The van der Waals surface area contributed by atoms with E-state index in [0.717, 1.165) is 5.69 Å². The third kappa shape index (κ3) is 3.42. The van der Waals surface area contributed by atoms with Crippen molar-refractivity contribution in [3.63, 3.8) is 0 Å². The number of para-hydroxylation sites is 1. The number of rotatable bonds is 5. The first-order valence-corrected chi connectivity index (χ1v) is 8.03. The van der Waals surface area contributed by atoms with Gasteiger partial charge in [-0.1, -0.05) is 18.2 Å². The van der Waals surface area contributed by atoms with Gasteiger partial charge in [0, 0.05) is 16.9 Å². The van der Waals surface area contributed by atoms with Crippen molar-refractivity contribution in [2.45, 2.75) is 38.1 Å². The summed E-state index contributed by atoms with van der Waals surface area (Å²) in [7, 11) is 0. The third-order valence-electron chi connectivity index (χ3n) is 3.63. The minimum absolute atomic E-state index is 0.105. The lowest BCUT2D eigenvalue weighted by Gasteiger charge is -2.12. The number of aromatic hydroxyl groups is 1. The Labute approximate surface area is 127 Å². The summed E-state index contributed by atoms with van der Waals surface area (Å²) in [6.07, 6.45) is 2.65. The lowest BCUT2D eigenvalue weighted by Crippen LogP contribution is -2.28. The zero-order valence-electron chi connectivity index (χ0n) is 11.9. The highest BCUT2D eigenvalue weighted by Gasteiger charge is 2.27. The van der Waals surface area contributed by atoms with Crippen LogP contribution in [0, 0.1) is 0 Å². The van der Waals surface area contributed by atoms with Crippen molar-refractivity contribution in [1.82, 2.24) is 10.3 Å². The lowest BCUT2D eigenvalue weighted by atomic mass is 10.1. The van der Waals surface area contributed by atoms with E-state index >= 15 is 0 Å². The molecule has 1 amide bonds. The third-order valence-corrected chi connectivity index (χ3v) is 4.66. The molecule has 0 radical (unpaired) electrons. The van der Waals surface area contributed by atoms with Crippen LogP contribution < -0.4 is 5.32 Å². The van der Waals surface area contributed by atoms with Crippen LogP contribution in [0.4, 0.5) is 0 Å². The molecule has 3 rings (SSSR count). The van der Waals surface area contributed by atoms with Crippen LogP contribution in [0.15, 0.2) is 29.6 Å². The largest absolute Gasteiger partial charge is 0.508 e. The zero-order valence-corrected chi connectivity index (χ0v) is 12.7. The van der Waals surface area contributed by atoms with Crippen LogP contribution in [0.1, 0.15) is 48.0 Å². The molecule has 1 saturated carbocycles. The summed E-state index contributed by atoms with van der Waals surface area (Å²) in [6.45, 7) is 1.94. The number of thiazole rings is 1. The van der Waals surface area contributed by atoms with Gasteiger partial charge < -0.3 is 10.4 Å². The summed E-state index contributed by atoms with van der Waals surface area (Å²) >= 11 is 1.68. The predicted molar refractivity (Wildman–Crippen MR) is 82.5 cm³/mol. The minimum atomic E-state index is -0.107. The lowest BCUT2D eigenvalue weighted by molar-refractivity contribution is -0.121. The van der Waals surface area contributed by atoms with Crippen molar-refractivity contribution in [3.8, 4) is 5.75 Å². The Kier molecular flexibility index (Phi) is 3.92. The maximum atomic E-state index is 12.1. The molecule has 5 heteroatoms. The van der Waals surface area contributed by atoms with Gasteiger partial charge in [0.1, 0.15) is 5.75 Å². The number of carbonyl (C=O) groups is 1. The second-order valence-electron chi connectivity index (χ2n) is 5.48. The number of hydrogen-bond donors (Lipinski definition) is 2. The van der Waals surface area contributed by atoms with Crippen LogP contribution in [0.5, 0.6) is 5.75 Å². The molecule has 110 valence electrons. The predicted octanol–water partition coefficient (Wildman–Crippen LogP) is 3.15. The highest BCUT2D eigenvalue weighted by molar-refractivity contribution is 7.09. The van der Waals surface area contributed by atoms with Crippen molar-refractivity contribution < 1.29 is 9.90 Å². The second-order valence-corrected chi connectivity index (χ2v) is 6.37. The van der Waals surface area contributed by atoms with Gasteiger partial charge in [-0.05, 0) is 25.8 Å². The Morgan fingerprint density at radius 3 is 2.95 bits per heavy atom. The van der Waals surface area contributed by atoms with Crippen LogP contribution >= 0.6 is 11.3 Å². The fourth-order valence-electron chi connectivity index (χ4n) is 2.22. The quantitative estimate of drug-likeness (QED) is 0.892. The summed E-state index contributed by atoms with van der Waals surface area (Å²) in [4.78, 5) is 16.7. The molecule has 0 unspecified atom stereocenters. The van der Waals surface area contributed by atoms with Gasteiger partial charge in [-0.2, -0.15) is 0 Å². The topological polar surface area (TPSA) is 62.2 Å². The van der Waals surface area contributed by atoms with Gasteiger partial charge in [0.05, 0.1) is 23.2 Å². The van der Waals surface area contributed by atoms with E-state index in [1.54, 1.807) is 29.5 Å². The van der Waals surface area contributed by atoms with E-state index in [1.165, 1.54) is 17.8 Å². The monoisotopic (exact) mass is 302 g/mol. The van der Waals surface area contributed by atoms with Crippen molar-refractivity contribution in [1.29, 1.82) is 0 Å². The normalized spacial score (nSPS) is 15.7. The van der Waals surface area contributed by atoms with E-state index in [4.69, 9.17) is 0 Å². The first kappa shape index (κ1) is 14.1. The fourth-order valence-corrected chi connectivity index (χ4v) is 3.30. The van der Waals surface area contributed by atoms with Gasteiger partial charge in [-0.15, -0.1) is 11.3 Å². The highest BCUT2D eigenvalue weighted by atomic mass is 32.1. The highest BCUT2D eigenvalue weighted by Crippen LogP contribution is 2.41. The van der Waals surface area contributed by atoms with E-state index in [0.29, 0.717) is 11.5 Å². The van der Waals surface area contributed by atoms with Crippen molar-refractivity contribution in [3.05, 3.63) is 45.9 Å². The van der Waals surface area contributed by atoms with Gasteiger partial charge in [0.2, 0.25) is 5.91 Å². The Hall–Kier alpha value is -1.88. The Bertz CT molecular complexity index is 649. The van der Waals surface area contributed by atoms with Crippen LogP contribution in [-0.2, 0) is 11.2 Å². The van der Waals surface area contributed by atoms with Crippen LogP contribution in [0.3, 0.4) is 0 Å². The molecular formula is C16H18N2O2S. The van der Waals surface area contributed by atoms with E-state index in [1.807, 2.05) is 18.4 Å². The number of phenolic OH excluding ortho intramolecular Hbond substituents is 1. The first-order valence-electron chi connectivity index (χ1n) is 7.15. The molecule has 1 aliphatic carbocycles. The van der Waals surface area contributed by atoms with E-state index in [-0.39, 0.29) is 24.1 Å². The molecule has 1 aromatic carbocycles. The summed E-state index contributed by atoms with van der Waals surface area (Å²) in [5, 5.41) is 15.8. The Balaban J connectivity index is 1.59. The molecule has 21 heavy (non-hydrogen) atoms. The molecule has 1 atom stereocenters. The van der Waals surface area contributed by atoms with E-state index in [2.05, 4.69) is 10.3 Å². The van der Waals surface area contributed by atoms with Crippen LogP contribution in [0.2, 0.25) is 0 Å². The maximum Gasteiger partial charge on any atom is 0.225 e. The summed E-state index contributed by atoms with van der Waals surface area (Å²) < 4.78 is 0. The Morgan fingerprint density at radius 2 is 2.24 bits per heavy atom. The van der Waals surface area contributed by atoms with Gasteiger partial charge in [0.25, 0.3) is 0 Å². The number of carbonyl (C=O) groups excluding carboxylic acids is 1. The number of nitrogens with one attached hydrogen (secondary N) is 1. The molecule has 0 bridgehead atoms. The molecule has 1 fully saturated rings. The molecule has 0 aliphatic heterocycles. The molecule has 1 aromatic heterocycles. The molecule has 0 spiro atoms. The van der Waals surface area contributed by atoms with Gasteiger partial charge in [-0.3, -0.25) is 4.79 Å². The SMILES string of the molecule is C[C@@H](NC(=O)Cc1ccccc1O)c1csc(C2CC2)n1. The molecule has 2 aromatic rings. The molecule has 1 heterocycles. The standard InChI is InChI=1S/C16H18N2O2S/c1-10(13-9-21-16(18-13)11-6-7-11)17-15(20)8-12-4-2-3-5-14(12)19/h2-5,9-11,19H,6-8H2,1H3,(H,17,20)/t10-/m1/s1. The minimum Gasteiger partial charge on any atom is -0.508 e. The molecule has 0 saturated heterocycles.